The standard InChI is InChI=1S/C14H21FN2O3.2ClH/c1-19-12-7-10(18)8-13(20-2)14(12)11(9-15)17-5-3-16-4-6-17;;/h7-8,11,16,18H,3-6,9H2,1-2H3;2*1H/t11-;;/m1../s1. The third-order valence-corrected chi connectivity index (χ3v) is 3.60. The number of phenols is 1. The minimum absolute atomic E-state index is 0. The van der Waals surface area contributed by atoms with Crippen LogP contribution < -0.4 is 14.8 Å². The highest BCUT2D eigenvalue weighted by Crippen LogP contribution is 2.40. The molecule has 0 aromatic heterocycles. The van der Waals surface area contributed by atoms with Gasteiger partial charge in [0, 0.05) is 38.3 Å². The lowest BCUT2D eigenvalue weighted by molar-refractivity contribution is 0.142. The van der Waals surface area contributed by atoms with Gasteiger partial charge in [0.1, 0.15) is 23.9 Å². The molecule has 0 unspecified atom stereocenters. The number of benzene rings is 1. The first-order valence-electron chi connectivity index (χ1n) is 6.66. The molecule has 0 saturated carbocycles. The summed E-state index contributed by atoms with van der Waals surface area (Å²) in [5, 5.41) is 12.9. The van der Waals surface area contributed by atoms with E-state index in [9.17, 15) is 9.50 Å². The van der Waals surface area contributed by atoms with Crippen molar-refractivity contribution < 1.29 is 19.0 Å². The van der Waals surface area contributed by atoms with Crippen LogP contribution in [-0.4, -0.2) is 57.1 Å². The lowest BCUT2D eigenvalue weighted by Crippen LogP contribution is -2.45. The van der Waals surface area contributed by atoms with E-state index >= 15 is 0 Å². The van der Waals surface area contributed by atoms with E-state index in [0.29, 0.717) is 17.1 Å². The van der Waals surface area contributed by atoms with Crippen LogP contribution in [0, 0.1) is 0 Å². The number of aromatic hydroxyl groups is 1. The van der Waals surface area contributed by atoms with Crippen molar-refractivity contribution in [2.24, 2.45) is 0 Å². The maximum atomic E-state index is 13.6. The Kier molecular flexibility index (Phi) is 9.51. The highest BCUT2D eigenvalue weighted by Gasteiger charge is 2.28. The largest absolute Gasteiger partial charge is 0.508 e. The monoisotopic (exact) mass is 356 g/mol. The summed E-state index contributed by atoms with van der Waals surface area (Å²) in [6.45, 7) is 2.67. The molecule has 0 radical (unpaired) electrons. The minimum atomic E-state index is -0.530. The van der Waals surface area contributed by atoms with Gasteiger partial charge in [-0.1, -0.05) is 0 Å². The van der Waals surface area contributed by atoms with Crippen LogP contribution in [-0.2, 0) is 0 Å². The van der Waals surface area contributed by atoms with E-state index in [2.05, 4.69) is 10.2 Å². The summed E-state index contributed by atoms with van der Waals surface area (Å²) in [5.41, 5.74) is 0.650. The lowest BCUT2D eigenvalue weighted by atomic mass is 10.0. The predicted octanol–water partition coefficient (Wildman–Crippen LogP) is 2.17. The second-order valence-corrected chi connectivity index (χ2v) is 4.72. The summed E-state index contributed by atoms with van der Waals surface area (Å²) in [6.07, 6.45) is 0. The number of hydrogen-bond acceptors (Lipinski definition) is 5. The quantitative estimate of drug-likeness (QED) is 0.846. The van der Waals surface area contributed by atoms with Crippen molar-refractivity contribution in [3.8, 4) is 17.2 Å². The number of methoxy groups -OCH3 is 2. The van der Waals surface area contributed by atoms with Gasteiger partial charge in [0.15, 0.2) is 0 Å². The van der Waals surface area contributed by atoms with Crippen molar-refractivity contribution in [2.45, 2.75) is 6.04 Å². The average molecular weight is 357 g/mol. The summed E-state index contributed by atoms with van der Waals surface area (Å²) < 4.78 is 24.2. The lowest BCUT2D eigenvalue weighted by Gasteiger charge is -2.34. The molecule has 128 valence electrons. The van der Waals surface area contributed by atoms with Gasteiger partial charge >= 0.3 is 0 Å². The van der Waals surface area contributed by atoms with Crippen molar-refractivity contribution in [3.63, 3.8) is 0 Å². The van der Waals surface area contributed by atoms with E-state index < -0.39 is 12.7 Å². The van der Waals surface area contributed by atoms with E-state index in [-0.39, 0.29) is 30.6 Å². The summed E-state index contributed by atoms with van der Waals surface area (Å²) in [7, 11) is 3.01. The molecule has 8 heteroatoms. The number of rotatable bonds is 5. The molecule has 1 fully saturated rings. The Bertz CT molecular complexity index is 435. The van der Waals surface area contributed by atoms with Gasteiger partial charge in [-0.05, 0) is 0 Å². The molecule has 5 nitrogen and oxygen atoms in total. The third-order valence-electron chi connectivity index (χ3n) is 3.60. The van der Waals surface area contributed by atoms with E-state index in [4.69, 9.17) is 9.47 Å². The molecule has 0 spiro atoms. The highest BCUT2D eigenvalue weighted by molar-refractivity contribution is 5.85. The molecule has 0 bridgehead atoms. The van der Waals surface area contributed by atoms with Gasteiger partial charge in [-0.2, -0.15) is 0 Å². The number of ether oxygens (including phenoxy) is 2. The topological polar surface area (TPSA) is 54.0 Å². The SMILES string of the molecule is COc1cc(O)cc(OC)c1[C@@H](CF)N1CCNCC1.Cl.Cl. The Morgan fingerprint density at radius 3 is 2.09 bits per heavy atom. The van der Waals surface area contributed by atoms with Gasteiger partial charge in [-0.15, -0.1) is 24.8 Å². The number of nitrogens with one attached hydrogen (secondary N) is 1. The molecule has 1 aromatic rings. The van der Waals surface area contributed by atoms with Crippen molar-refractivity contribution in [1.82, 2.24) is 10.2 Å². The number of alkyl halides is 1. The van der Waals surface area contributed by atoms with Crippen LogP contribution in [0.3, 0.4) is 0 Å². The van der Waals surface area contributed by atoms with Crippen molar-refractivity contribution in [3.05, 3.63) is 17.7 Å². The first kappa shape index (κ1) is 21.0. The Morgan fingerprint density at radius 1 is 1.18 bits per heavy atom. The smallest absolute Gasteiger partial charge is 0.131 e. The molecule has 1 aliphatic rings. The van der Waals surface area contributed by atoms with Gasteiger partial charge < -0.3 is 19.9 Å². The minimum Gasteiger partial charge on any atom is -0.508 e. The number of halogens is 3. The van der Waals surface area contributed by atoms with Crippen LogP contribution in [0.2, 0.25) is 0 Å². The molecule has 0 amide bonds. The van der Waals surface area contributed by atoms with Gasteiger partial charge in [-0.25, -0.2) is 4.39 Å². The molecule has 2 N–H and O–H groups in total. The Morgan fingerprint density at radius 2 is 1.68 bits per heavy atom. The third kappa shape index (κ3) is 4.52. The fourth-order valence-electron chi connectivity index (χ4n) is 2.60. The van der Waals surface area contributed by atoms with E-state index in [1.54, 1.807) is 0 Å². The first-order chi connectivity index (χ1) is 9.71. The van der Waals surface area contributed by atoms with E-state index in [0.717, 1.165) is 26.2 Å². The van der Waals surface area contributed by atoms with Crippen LogP contribution in [0.1, 0.15) is 11.6 Å². The van der Waals surface area contributed by atoms with E-state index in [1.807, 2.05) is 0 Å². The van der Waals surface area contributed by atoms with Crippen molar-refractivity contribution >= 4 is 24.8 Å². The Hall–Kier alpha value is -0.950. The molecule has 1 aromatic carbocycles. The molecule has 2 rings (SSSR count). The van der Waals surface area contributed by atoms with Gasteiger partial charge in [0.05, 0.1) is 25.8 Å². The molecular weight excluding hydrogens is 334 g/mol. The Balaban J connectivity index is 0.00000220. The zero-order valence-corrected chi connectivity index (χ0v) is 14.3. The second-order valence-electron chi connectivity index (χ2n) is 4.72. The van der Waals surface area contributed by atoms with Gasteiger partial charge in [0.25, 0.3) is 0 Å². The van der Waals surface area contributed by atoms with Gasteiger partial charge in [-0.3, -0.25) is 4.90 Å². The predicted molar refractivity (Wildman–Crippen MR) is 88.9 cm³/mol. The number of nitrogens with zero attached hydrogens (tertiary/aromatic N) is 1. The maximum Gasteiger partial charge on any atom is 0.131 e. The molecule has 1 atom stereocenters. The summed E-state index contributed by atoms with van der Waals surface area (Å²) >= 11 is 0. The molecular formula is C14H23Cl2FN2O3. The summed E-state index contributed by atoms with van der Waals surface area (Å²) in [5.74, 6) is 0.937. The number of hydrogen-bond donors (Lipinski definition) is 2. The fraction of sp³-hybridized carbons (Fsp3) is 0.571. The molecule has 1 aliphatic heterocycles. The highest BCUT2D eigenvalue weighted by atomic mass is 35.5. The summed E-state index contributed by atoms with van der Waals surface area (Å²) in [6, 6.07) is 2.55. The zero-order valence-electron chi connectivity index (χ0n) is 12.7. The second kappa shape index (κ2) is 9.94. The molecule has 1 heterocycles. The number of piperazine rings is 1. The Labute approximate surface area is 142 Å². The van der Waals surface area contributed by atoms with Crippen molar-refractivity contribution in [1.29, 1.82) is 0 Å². The fourth-order valence-corrected chi connectivity index (χ4v) is 2.60. The molecule has 0 aliphatic carbocycles. The zero-order chi connectivity index (χ0) is 14.5. The van der Waals surface area contributed by atoms with E-state index in [1.165, 1.54) is 26.4 Å². The maximum absolute atomic E-state index is 13.6. The molecule has 1 saturated heterocycles. The average Bonchev–Trinajstić information content (AvgIpc) is 2.49. The van der Waals surface area contributed by atoms with Crippen molar-refractivity contribution in [2.75, 3.05) is 47.1 Å². The van der Waals surface area contributed by atoms with Crippen LogP contribution in [0.25, 0.3) is 0 Å². The molecule has 22 heavy (non-hydrogen) atoms. The normalized spacial score (nSPS) is 16.1. The summed E-state index contributed by atoms with van der Waals surface area (Å²) in [4.78, 5) is 2.06. The van der Waals surface area contributed by atoms with Crippen LogP contribution in [0.5, 0.6) is 17.2 Å². The van der Waals surface area contributed by atoms with Crippen LogP contribution in [0.15, 0.2) is 12.1 Å². The van der Waals surface area contributed by atoms with Crippen LogP contribution >= 0.6 is 24.8 Å². The van der Waals surface area contributed by atoms with Gasteiger partial charge in [0.2, 0.25) is 0 Å². The number of phenolic OH excluding ortho intramolecular Hbond substituents is 1. The van der Waals surface area contributed by atoms with Crippen LogP contribution in [0.4, 0.5) is 4.39 Å². The first-order valence-corrected chi connectivity index (χ1v) is 6.66.